The van der Waals surface area contributed by atoms with Crippen LogP contribution in [0.4, 0.5) is 0 Å². The molecule has 0 aliphatic carbocycles. The van der Waals surface area contributed by atoms with E-state index in [1.807, 2.05) is 13.8 Å². The van der Waals surface area contributed by atoms with Gasteiger partial charge in [0.15, 0.2) is 5.96 Å². The third-order valence-corrected chi connectivity index (χ3v) is 2.97. The molecule has 98 valence electrons. The number of amides is 1. The van der Waals surface area contributed by atoms with Gasteiger partial charge >= 0.3 is 0 Å². The normalized spacial score (nSPS) is 18.6. The van der Waals surface area contributed by atoms with Crippen LogP contribution in [0.1, 0.15) is 33.6 Å². The molecule has 0 radical (unpaired) electrons. The Kier molecular flexibility index (Phi) is 5.25. The van der Waals surface area contributed by atoms with Crippen molar-refractivity contribution < 1.29 is 4.79 Å². The number of guanidine groups is 1. The molecule has 0 aromatic rings. The lowest BCUT2D eigenvalue weighted by Crippen LogP contribution is -2.45. The van der Waals surface area contributed by atoms with E-state index in [1.165, 1.54) is 0 Å². The Labute approximate surface area is 103 Å². The van der Waals surface area contributed by atoms with Crippen LogP contribution in [-0.4, -0.2) is 42.4 Å². The van der Waals surface area contributed by atoms with Crippen LogP contribution >= 0.6 is 0 Å². The molecule has 0 aromatic heterocycles. The Balaban J connectivity index is 2.33. The van der Waals surface area contributed by atoms with Crippen molar-refractivity contribution in [3.05, 3.63) is 0 Å². The van der Waals surface area contributed by atoms with Gasteiger partial charge in [-0.1, -0.05) is 0 Å². The molecule has 17 heavy (non-hydrogen) atoms. The minimum absolute atomic E-state index is 0.0494. The maximum atomic E-state index is 10.8. The van der Waals surface area contributed by atoms with Crippen LogP contribution in [0.3, 0.4) is 0 Å². The Morgan fingerprint density at radius 3 is 2.53 bits per heavy atom. The zero-order valence-electron chi connectivity index (χ0n) is 11.1. The molecule has 3 N–H and O–H groups in total. The van der Waals surface area contributed by atoms with Crippen LogP contribution in [0.2, 0.25) is 0 Å². The number of carbonyl (C=O) groups excluding carboxylic acids is 1. The fourth-order valence-electron chi connectivity index (χ4n) is 2.00. The average molecular weight is 240 g/mol. The van der Waals surface area contributed by atoms with E-state index in [9.17, 15) is 4.79 Å². The fraction of sp³-hybridized carbons (Fsp3) is 0.833. The molecule has 0 bridgehead atoms. The van der Waals surface area contributed by atoms with Crippen molar-refractivity contribution >= 4 is 11.9 Å². The van der Waals surface area contributed by atoms with E-state index in [1.54, 1.807) is 6.92 Å². The maximum Gasteiger partial charge on any atom is 0.216 e. The zero-order valence-corrected chi connectivity index (χ0v) is 11.1. The van der Waals surface area contributed by atoms with Gasteiger partial charge in [-0.3, -0.25) is 9.79 Å². The molecule has 0 aromatic carbocycles. The number of rotatable bonds is 3. The molecule has 1 fully saturated rings. The average Bonchev–Trinajstić information content (AvgIpc) is 2.26. The van der Waals surface area contributed by atoms with E-state index < -0.39 is 0 Å². The van der Waals surface area contributed by atoms with E-state index in [4.69, 9.17) is 5.73 Å². The highest BCUT2D eigenvalue weighted by atomic mass is 16.1. The first-order valence-corrected chi connectivity index (χ1v) is 6.31. The van der Waals surface area contributed by atoms with Gasteiger partial charge in [-0.2, -0.15) is 0 Å². The second-order valence-electron chi connectivity index (χ2n) is 4.95. The summed E-state index contributed by atoms with van der Waals surface area (Å²) < 4.78 is 0. The third-order valence-electron chi connectivity index (χ3n) is 2.97. The molecule has 1 rings (SSSR count). The van der Waals surface area contributed by atoms with Crippen molar-refractivity contribution in [2.24, 2.45) is 16.6 Å². The van der Waals surface area contributed by atoms with Crippen LogP contribution < -0.4 is 11.1 Å². The summed E-state index contributed by atoms with van der Waals surface area (Å²) in [6.45, 7) is 8.26. The third kappa shape index (κ3) is 5.06. The lowest BCUT2D eigenvalue weighted by atomic mass is 9.97. The number of piperidine rings is 1. The van der Waals surface area contributed by atoms with E-state index in [0.29, 0.717) is 11.9 Å². The molecule has 0 atom stereocenters. The lowest BCUT2D eigenvalue weighted by molar-refractivity contribution is -0.119. The molecular weight excluding hydrogens is 216 g/mol. The fourth-order valence-corrected chi connectivity index (χ4v) is 2.00. The number of carbonyl (C=O) groups is 1. The minimum Gasteiger partial charge on any atom is -0.370 e. The SMILES string of the molecule is CC(=O)NCC1CCN(C(N)=NC(C)C)CC1. The predicted molar refractivity (Wildman–Crippen MR) is 69.7 cm³/mol. The van der Waals surface area contributed by atoms with Crippen molar-refractivity contribution in [1.82, 2.24) is 10.2 Å². The molecule has 5 heteroatoms. The van der Waals surface area contributed by atoms with Gasteiger partial charge in [-0.05, 0) is 32.6 Å². The minimum atomic E-state index is 0.0494. The summed E-state index contributed by atoms with van der Waals surface area (Å²) in [6.07, 6.45) is 2.13. The lowest BCUT2D eigenvalue weighted by Gasteiger charge is -2.32. The number of likely N-dealkylation sites (tertiary alicyclic amines) is 1. The van der Waals surface area contributed by atoms with Crippen molar-refractivity contribution in [2.45, 2.75) is 39.7 Å². The summed E-state index contributed by atoms with van der Waals surface area (Å²) in [6, 6.07) is 0.243. The topological polar surface area (TPSA) is 70.7 Å². The van der Waals surface area contributed by atoms with E-state index in [0.717, 1.165) is 32.5 Å². The number of nitrogens with two attached hydrogens (primary N) is 1. The largest absolute Gasteiger partial charge is 0.370 e. The van der Waals surface area contributed by atoms with Gasteiger partial charge in [0.25, 0.3) is 0 Å². The molecule has 1 heterocycles. The molecule has 0 unspecified atom stereocenters. The molecule has 5 nitrogen and oxygen atoms in total. The number of hydrogen-bond acceptors (Lipinski definition) is 2. The van der Waals surface area contributed by atoms with Gasteiger partial charge in [0.1, 0.15) is 0 Å². The van der Waals surface area contributed by atoms with Gasteiger partial charge in [0.05, 0.1) is 0 Å². The van der Waals surface area contributed by atoms with Crippen LogP contribution in [0.5, 0.6) is 0 Å². The molecule has 1 saturated heterocycles. The van der Waals surface area contributed by atoms with Gasteiger partial charge in [0, 0.05) is 32.6 Å². The van der Waals surface area contributed by atoms with Gasteiger partial charge in [-0.15, -0.1) is 0 Å². The quantitative estimate of drug-likeness (QED) is 0.559. The second-order valence-corrected chi connectivity index (χ2v) is 4.95. The summed E-state index contributed by atoms with van der Waals surface area (Å²) in [5.74, 6) is 1.27. The van der Waals surface area contributed by atoms with Gasteiger partial charge in [-0.25, -0.2) is 0 Å². The van der Waals surface area contributed by atoms with Crippen molar-refractivity contribution in [2.75, 3.05) is 19.6 Å². The maximum absolute atomic E-state index is 10.8. The number of hydrogen-bond donors (Lipinski definition) is 2. The Bertz CT molecular complexity index is 280. The molecular formula is C12H24N4O. The second kappa shape index (κ2) is 6.47. The Hall–Kier alpha value is -1.26. The van der Waals surface area contributed by atoms with Crippen LogP contribution in [0.15, 0.2) is 4.99 Å². The van der Waals surface area contributed by atoms with Crippen LogP contribution in [0, 0.1) is 5.92 Å². The Morgan fingerprint density at radius 1 is 1.47 bits per heavy atom. The monoisotopic (exact) mass is 240 g/mol. The molecule has 1 amide bonds. The van der Waals surface area contributed by atoms with Crippen molar-refractivity contribution in [3.63, 3.8) is 0 Å². The summed E-state index contributed by atoms with van der Waals surface area (Å²) in [4.78, 5) is 17.3. The zero-order chi connectivity index (χ0) is 12.8. The number of nitrogens with one attached hydrogen (secondary N) is 1. The van der Waals surface area contributed by atoms with E-state index >= 15 is 0 Å². The van der Waals surface area contributed by atoms with Crippen molar-refractivity contribution in [3.8, 4) is 0 Å². The molecule has 1 aliphatic heterocycles. The molecule has 0 spiro atoms. The number of nitrogens with zero attached hydrogens (tertiary/aromatic N) is 2. The first kappa shape index (κ1) is 13.8. The summed E-state index contributed by atoms with van der Waals surface area (Å²) in [7, 11) is 0. The summed E-state index contributed by atoms with van der Waals surface area (Å²) >= 11 is 0. The van der Waals surface area contributed by atoms with Gasteiger partial charge in [0.2, 0.25) is 5.91 Å². The molecule has 0 saturated carbocycles. The highest BCUT2D eigenvalue weighted by Crippen LogP contribution is 2.16. The number of aliphatic imine (C=N–C) groups is 1. The van der Waals surface area contributed by atoms with Crippen LogP contribution in [-0.2, 0) is 4.79 Å². The van der Waals surface area contributed by atoms with Crippen LogP contribution in [0.25, 0.3) is 0 Å². The van der Waals surface area contributed by atoms with E-state index in [2.05, 4.69) is 15.2 Å². The highest BCUT2D eigenvalue weighted by Gasteiger charge is 2.20. The van der Waals surface area contributed by atoms with Gasteiger partial charge < -0.3 is 16.0 Å². The van der Waals surface area contributed by atoms with Crippen molar-refractivity contribution in [1.29, 1.82) is 0 Å². The first-order chi connectivity index (χ1) is 7.99. The standard InChI is InChI=1S/C12H24N4O/c1-9(2)15-12(13)16-6-4-11(5-7-16)8-14-10(3)17/h9,11H,4-8H2,1-3H3,(H2,13,15)(H,14,17). The van der Waals surface area contributed by atoms with E-state index in [-0.39, 0.29) is 11.9 Å². The predicted octanol–water partition coefficient (Wildman–Crippen LogP) is 0.558. The Morgan fingerprint density at radius 2 is 2.06 bits per heavy atom. The highest BCUT2D eigenvalue weighted by molar-refractivity contribution is 5.78. The summed E-state index contributed by atoms with van der Waals surface area (Å²) in [5, 5.41) is 2.87. The first-order valence-electron chi connectivity index (χ1n) is 6.31. The molecule has 1 aliphatic rings. The smallest absolute Gasteiger partial charge is 0.216 e. The summed E-state index contributed by atoms with van der Waals surface area (Å²) in [5.41, 5.74) is 5.92.